The molecule has 3 aromatic rings. The van der Waals surface area contributed by atoms with E-state index < -0.39 is 23.8 Å². The lowest BCUT2D eigenvalue weighted by atomic mass is 9.92. The average Bonchev–Trinajstić information content (AvgIpc) is 2.93. The highest BCUT2D eigenvalue weighted by atomic mass is 16.5. The molecule has 1 heterocycles. The second-order valence-electron chi connectivity index (χ2n) is 8.37. The number of carbonyl (C=O) groups excluding carboxylic acids is 3. The third kappa shape index (κ3) is 4.78. The fourth-order valence-corrected chi connectivity index (χ4v) is 3.92. The van der Waals surface area contributed by atoms with Crippen LogP contribution in [0.4, 0.5) is 5.69 Å². The summed E-state index contributed by atoms with van der Waals surface area (Å²) in [7, 11) is 0. The summed E-state index contributed by atoms with van der Waals surface area (Å²) in [6, 6.07) is 21.6. The molecule has 0 saturated heterocycles. The molecule has 0 radical (unpaired) electrons. The van der Waals surface area contributed by atoms with Crippen molar-refractivity contribution in [3.05, 3.63) is 83.9 Å². The number of para-hydroxylation sites is 1. The number of fused-ring (bicyclic) bond motifs is 3. The maximum absolute atomic E-state index is 13.3. The first kappa shape index (κ1) is 23.0. The van der Waals surface area contributed by atoms with Crippen LogP contribution in [0.1, 0.15) is 30.9 Å². The van der Waals surface area contributed by atoms with E-state index >= 15 is 0 Å². The number of hydrogen-bond acceptors (Lipinski definition) is 4. The van der Waals surface area contributed by atoms with E-state index in [0.717, 1.165) is 22.3 Å². The lowest BCUT2D eigenvalue weighted by Crippen LogP contribution is -2.54. The number of hydrazine groups is 1. The molecule has 1 aliphatic heterocycles. The van der Waals surface area contributed by atoms with Gasteiger partial charge in [0.25, 0.3) is 17.7 Å². The molecule has 0 bridgehead atoms. The highest BCUT2D eigenvalue weighted by Crippen LogP contribution is 2.39. The van der Waals surface area contributed by atoms with Crippen molar-refractivity contribution in [3.8, 4) is 16.9 Å². The van der Waals surface area contributed by atoms with Crippen molar-refractivity contribution in [1.82, 2.24) is 10.7 Å². The molecule has 0 saturated carbocycles. The molecule has 7 nitrogen and oxygen atoms in total. The Morgan fingerprint density at radius 1 is 0.971 bits per heavy atom. The van der Waals surface area contributed by atoms with Crippen LogP contribution in [0.5, 0.6) is 5.75 Å². The van der Waals surface area contributed by atoms with E-state index in [1.54, 1.807) is 25.1 Å². The van der Waals surface area contributed by atoms with Crippen LogP contribution in [0, 0.1) is 6.92 Å². The number of hydrogen-bond donors (Lipinski definition) is 2. The number of amides is 3. The second-order valence-corrected chi connectivity index (χ2v) is 8.37. The normalized spacial score (nSPS) is 15.4. The molecule has 4 rings (SSSR count). The van der Waals surface area contributed by atoms with Crippen molar-refractivity contribution in [3.63, 3.8) is 0 Å². The number of carbonyl (C=O) groups is 3. The fourth-order valence-electron chi connectivity index (χ4n) is 3.92. The van der Waals surface area contributed by atoms with Crippen LogP contribution in [-0.2, 0) is 14.4 Å². The monoisotopic (exact) mass is 457 g/mol. The SMILES string of the molecule is Cc1ccc(OCC(=O)N[C@@H](C)C(=O)NN2C(=O)C(C)c3ccccc3-c3ccccc32)cc1. The summed E-state index contributed by atoms with van der Waals surface area (Å²) in [5, 5.41) is 3.91. The van der Waals surface area contributed by atoms with Gasteiger partial charge in [0.2, 0.25) is 0 Å². The van der Waals surface area contributed by atoms with Gasteiger partial charge in [-0.15, -0.1) is 0 Å². The number of anilines is 1. The van der Waals surface area contributed by atoms with E-state index in [4.69, 9.17) is 4.74 Å². The maximum atomic E-state index is 13.3. The number of ether oxygens (including phenoxy) is 1. The molecular formula is C27H27N3O4. The predicted molar refractivity (Wildman–Crippen MR) is 130 cm³/mol. The zero-order chi connectivity index (χ0) is 24.2. The Kier molecular flexibility index (Phi) is 6.63. The van der Waals surface area contributed by atoms with E-state index in [1.165, 1.54) is 5.01 Å². The first-order chi connectivity index (χ1) is 16.3. The largest absolute Gasteiger partial charge is 0.484 e. The number of rotatable bonds is 6. The van der Waals surface area contributed by atoms with Crippen LogP contribution >= 0.6 is 0 Å². The van der Waals surface area contributed by atoms with Crippen LogP contribution in [0.15, 0.2) is 72.8 Å². The second kappa shape index (κ2) is 9.79. The number of benzene rings is 3. The topological polar surface area (TPSA) is 87.7 Å². The molecule has 2 N–H and O–H groups in total. The van der Waals surface area contributed by atoms with Crippen LogP contribution in [0.25, 0.3) is 11.1 Å². The van der Waals surface area contributed by atoms with Gasteiger partial charge in [-0.1, -0.05) is 60.2 Å². The molecule has 1 aliphatic rings. The first-order valence-electron chi connectivity index (χ1n) is 11.2. The van der Waals surface area contributed by atoms with E-state index in [2.05, 4.69) is 10.7 Å². The zero-order valence-corrected chi connectivity index (χ0v) is 19.4. The van der Waals surface area contributed by atoms with Crippen LogP contribution in [0.3, 0.4) is 0 Å². The van der Waals surface area contributed by atoms with Crippen LogP contribution in [-0.4, -0.2) is 30.4 Å². The van der Waals surface area contributed by atoms with Crippen molar-refractivity contribution in [2.24, 2.45) is 0 Å². The highest BCUT2D eigenvalue weighted by molar-refractivity contribution is 6.06. The Hall–Kier alpha value is -4.13. The van der Waals surface area contributed by atoms with E-state index in [9.17, 15) is 14.4 Å². The van der Waals surface area contributed by atoms with Gasteiger partial charge in [-0.3, -0.25) is 19.8 Å². The number of nitrogens with one attached hydrogen (secondary N) is 2. The molecule has 3 aromatic carbocycles. The van der Waals surface area contributed by atoms with Crippen LogP contribution in [0.2, 0.25) is 0 Å². The van der Waals surface area contributed by atoms with Gasteiger partial charge in [0, 0.05) is 5.56 Å². The van der Waals surface area contributed by atoms with E-state index in [-0.39, 0.29) is 12.5 Å². The minimum absolute atomic E-state index is 0.224. The molecule has 3 amide bonds. The molecule has 0 spiro atoms. The maximum Gasteiger partial charge on any atom is 0.261 e. The van der Waals surface area contributed by atoms with Crippen molar-refractivity contribution in [2.75, 3.05) is 11.6 Å². The molecule has 0 aliphatic carbocycles. The molecule has 1 unspecified atom stereocenters. The lowest BCUT2D eigenvalue weighted by molar-refractivity contribution is -0.131. The Morgan fingerprint density at radius 2 is 1.62 bits per heavy atom. The van der Waals surface area contributed by atoms with E-state index in [0.29, 0.717) is 11.4 Å². The summed E-state index contributed by atoms with van der Waals surface area (Å²) in [5.41, 5.74) is 7.06. The Bertz CT molecular complexity index is 1220. The average molecular weight is 458 g/mol. The summed E-state index contributed by atoms with van der Waals surface area (Å²) in [4.78, 5) is 38.6. The Morgan fingerprint density at radius 3 is 2.35 bits per heavy atom. The van der Waals surface area contributed by atoms with Gasteiger partial charge in [-0.2, -0.15) is 0 Å². The first-order valence-corrected chi connectivity index (χ1v) is 11.2. The summed E-state index contributed by atoms with van der Waals surface area (Å²) in [6.07, 6.45) is 0. The van der Waals surface area contributed by atoms with Gasteiger partial charge in [0.15, 0.2) is 6.61 Å². The summed E-state index contributed by atoms with van der Waals surface area (Å²) < 4.78 is 5.48. The molecular weight excluding hydrogens is 430 g/mol. The van der Waals surface area contributed by atoms with Gasteiger partial charge in [-0.25, -0.2) is 5.01 Å². The Labute approximate surface area is 198 Å². The minimum Gasteiger partial charge on any atom is -0.484 e. The van der Waals surface area contributed by atoms with Crippen molar-refractivity contribution >= 4 is 23.4 Å². The third-order valence-corrected chi connectivity index (χ3v) is 5.84. The van der Waals surface area contributed by atoms with Crippen molar-refractivity contribution in [1.29, 1.82) is 0 Å². The summed E-state index contributed by atoms with van der Waals surface area (Å²) >= 11 is 0. The molecule has 174 valence electrons. The standard InChI is InChI=1S/C27H27N3O4/c1-17-12-14-20(15-13-17)34-16-25(31)28-19(3)26(32)29-30-24-11-7-6-10-23(24)22-9-5-4-8-21(22)18(2)27(30)33/h4-15,18-19H,16H2,1-3H3,(H,28,31)(H,29,32)/t18?,19-/m0/s1. The molecule has 2 atom stereocenters. The van der Waals surface area contributed by atoms with Gasteiger partial charge >= 0.3 is 0 Å². The van der Waals surface area contributed by atoms with Gasteiger partial charge in [0.05, 0.1) is 11.6 Å². The quantitative estimate of drug-likeness (QED) is 0.591. The lowest BCUT2D eigenvalue weighted by Gasteiger charge is -2.27. The zero-order valence-electron chi connectivity index (χ0n) is 19.4. The third-order valence-electron chi connectivity index (χ3n) is 5.84. The van der Waals surface area contributed by atoms with Gasteiger partial charge < -0.3 is 10.1 Å². The van der Waals surface area contributed by atoms with E-state index in [1.807, 2.05) is 68.4 Å². The Balaban J connectivity index is 1.46. The summed E-state index contributed by atoms with van der Waals surface area (Å²) in [5.74, 6) is -1.10. The minimum atomic E-state index is -0.880. The van der Waals surface area contributed by atoms with Crippen molar-refractivity contribution < 1.29 is 19.1 Å². The van der Waals surface area contributed by atoms with Crippen LogP contribution < -0.4 is 20.5 Å². The molecule has 34 heavy (non-hydrogen) atoms. The highest BCUT2D eigenvalue weighted by Gasteiger charge is 2.33. The molecule has 0 aromatic heterocycles. The van der Waals surface area contributed by atoms with Gasteiger partial charge in [-0.05, 0) is 50.1 Å². The predicted octanol–water partition coefficient (Wildman–Crippen LogP) is 3.73. The number of aryl methyl sites for hydroxylation is 1. The number of nitrogens with zero attached hydrogens (tertiary/aromatic N) is 1. The van der Waals surface area contributed by atoms with Crippen molar-refractivity contribution in [2.45, 2.75) is 32.7 Å². The molecule has 7 heteroatoms. The molecule has 0 fully saturated rings. The fraction of sp³-hybridized carbons (Fsp3) is 0.222. The smallest absolute Gasteiger partial charge is 0.261 e. The van der Waals surface area contributed by atoms with Gasteiger partial charge in [0.1, 0.15) is 11.8 Å². The summed E-state index contributed by atoms with van der Waals surface area (Å²) in [6.45, 7) is 5.12.